The Labute approximate surface area is 183 Å². The van der Waals surface area contributed by atoms with Gasteiger partial charge in [0.15, 0.2) is 0 Å². The fourth-order valence-electron chi connectivity index (χ4n) is 2.80. The topological polar surface area (TPSA) is 75.6 Å². The van der Waals surface area contributed by atoms with E-state index in [9.17, 15) is 18.0 Å². The van der Waals surface area contributed by atoms with Crippen molar-refractivity contribution in [1.82, 2.24) is 10.3 Å². The number of halogens is 3. The second kappa shape index (κ2) is 9.95. The van der Waals surface area contributed by atoms with E-state index in [0.29, 0.717) is 17.1 Å². The average molecular weight is 442 g/mol. The predicted molar refractivity (Wildman–Crippen MR) is 116 cm³/mol. The zero-order valence-electron chi connectivity index (χ0n) is 17.4. The summed E-state index contributed by atoms with van der Waals surface area (Å²) >= 11 is 0. The van der Waals surface area contributed by atoms with Crippen LogP contribution in [0.1, 0.15) is 27.2 Å². The first-order chi connectivity index (χ1) is 15.3. The zero-order valence-corrected chi connectivity index (χ0v) is 17.4. The van der Waals surface area contributed by atoms with Crippen molar-refractivity contribution in [1.29, 1.82) is 0 Å². The van der Waals surface area contributed by atoms with E-state index >= 15 is 0 Å². The molecule has 1 aromatic heterocycles. The van der Waals surface area contributed by atoms with Crippen molar-refractivity contribution in [2.75, 3.05) is 12.4 Å². The van der Waals surface area contributed by atoms with Crippen LogP contribution in [0.25, 0.3) is 0 Å². The van der Waals surface area contributed by atoms with Gasteiger partial charge in [0, 0.05) is 11.8 Å². The lowest BCUT2D eigenvalue weighted by Crippen LogP contribution is -2.36. The number of amides is 1. The number of nitrogens with one attached hydrogen (secondary N) is 2. The van der Waals surface area contributed by atoms with Crippen molar-refractivity contribution in [2.45, 2.75) is 19.6 Å². The maximum Gasteiger partial charge on any atom is 0.416 e. The van der Waals surface area contributed by atoms with E-state index in [4.69, 9.17) is 4.74 Å². The van der Waals surface area contributed by atoms with Gasteiger partial charge < -0.3 is 10.1 Å². The summed E-state index contributed by atoms with van der Waals surface area (Å²) in [5, 5.41) is 5.65. The van der Waals surface area contributed by atoms with Gasteiger partial charge in [-0.05, 0) is 61.0 Å². The van der Waals surface area contributed by atoms with E-state index in [-0.39, 0.29) is 18.1 Å². The molecule has 0 saturated carbocycles. The highest BCUT2D eigenvalue weighted by Crippen LogP contribution is 2.29. The standard InChI is InChI=1S/C23H21F3N4O2/c1-15-6-11-20(32-2)19(13-15)29-22(28-14-18-5-3-4-12-27-18)30-21(31)16-7-9-17(10-8-16)23(24,25)26/h3-13H,14H2,1-2H3,(H2,28,29,30,31). The number of carbonyl (C=O) groups excluding carboxylic acids is 1. The van der Waals surface area contributed by atoms with Crippen molar-refractivity contribution < 1.29 is 22.7 Å². The van der Waals surface area contributed by atoms with Crippen LogP contribution in [0.4, 0.5) is 18.9 Å². The number of hydrogen-bond acceptors (Lipinski definition) is 4. The van der Waals surface area contributed by atoms with Gasteiger partial charge in [-0.15, -0.1) is 0 Å². The van der Waals surface area contributed by atoms with Crippen LogP contribution in [0.3, 0.4) is 0 Å². The Bertz CT molecular complexity index is 1100. The Balaban J connectivity index is 1.85. The van der Waals surface area contributed by atoms with Crippen molar-refractivity contribution in [3.05, 3.63) is 89.2 Å². The summed E-state index contributed by atoms with van der Waals surface area (Å²) in [4.78, 5) is 21.3. The molecule has 32 heavy (non-hydrogen) atoms. The third-order valence-electron chi connectivity index (χ3n) is 4.44. The number of rotatable bonds is 5. The largest absolute Gasteiger partial charge is 0.495 e. The monoisotopic (exact) mass is 442 g/mol. The first-order valence-electron chi connectivity index (χ1n) is 9.61. The van der Waals surface area contributed by atoms with Gasteiger partial charge in [-0.25, -0.2) is 4.99 Å². The lowest BCUT2D eigenvalue weighted by atomic mass is 10.1. The van der Waals surface area contributed by atoms with Gasteiger partial charge in [0.2, 0.25) is 5.96 Å². The summed E-state index contributed by atoms with van der Waals surface area (Å²) < 4.78 is 43.7. The van der Waals surface area contributed by atoms with E-state index in [1.165, 1.54) is 7.11 Å². The number of pyridine rings is 1. The van der Waals surface area contributed by atoms with E-state index in [2.05, 4.69) is 20.6 Å². The third-order valence-corrected chi connectivity index (χ3v) is 4.44. The molecule has 0 fully saturated rings. The Morgan fingerprint density at radius 1 is 1.09 bits per heavy atom. The van der Waals surface area contributed by atoms with Gasteiger partial charge in [0.05, 0.1) is 30.6 Å². The molecule has 1 heterocycles. The number of guanidine groups is 1. The average Bonchev–Trinajstić information content (AvgIpc) is 2.78. The van der Waals surface area contributed by atoms with Crippen molar-refractivity contribution in [2.24, 2.45) is 4.99 Å². The summed E-state index contributed by atoms with van der Waals surface area (Å²) in [7, 11) is 1.52. The minimum Gasteiger partial charge on any atom is -0.495 e. The lowest BCUT2D eigenvalue weighted by molar-refractivity contribution is -0.137. The molecule has 166 valence electrons. The Hall–Kier alpha value is -3.88. The summed E-state index contributed by atoms with van der Waals surface area (Å²) in [6.45, 7) is 2.07. The summed E-state index contributed by atoms with van der Waals surface area (Å²) in [5.41, 5.74) is 1.42. The highest BCUT2D eigenvalue weighted by Gasteiger charge is 2.30. The fourth-order valence-corrected chi connectivity index (χ4v) is 2.80. The molecule has 0 spiro atoms. The number of benzene rings is 2. The molecule has 0 aliphatic heterocycles. The predicted octanol–water partition coefficient (Wildman–Crippen LogP) is 4.82. The smallest absolute Gasteiger partial charge is 0.416 e. The van der Waals surface area contributed by atoms with Gasteiger partial charge in [-0.2, -0.15) is 13.2 Å². The molecular formula is C23H21F3N4O2. The minimum atomic E-state index is -4.48. The second-order valence-electron chi connectivity index (χ2n) is 6.84. The first kappa shape index (κ1) is 22.8. The maximum absolute atomic E-state index is 12.8. The van der Waals surface area contributed by atoms with Crippen LogP contribution in [0.15, 0.2) is 71.9 Å². The summed E-state index contributed by atoms with van der Waals surface area (Å²) in [6.07, 6.45) is -2.85. The van der Waals surface area contributed by atoms with Crippen molar-refractivity contribution >= 4 is 17.6 Å². The molecule has 0 aliphatic rings. The first-order valence-corrected chi connectivity index (χ1v) is 9.61. The van der Waals surface area contributed by atoms with Crippen LogP contribution in [0, 0.1) is 6.92 Å². The molecule has 3 rings (SSSR count). The molecule has 6 nitrogen and oxygen atoms in total. The normalized spacial score (nSPS) is 11.7. The molecule has 0 atom stereocenters. The second-order valence-corrected chi connectivity index (χ2v) is 6.84. The van der Waals surface area contributed by atoms with E-state index in [1.54, 1.807) is 24.4 Å². The lowest BCUT2D eigenvalue weighted by Gasteiger charge is -2.15. The number of aryl methyl sites for hydroxylation is 1. The SMILES string of the molecule is COc1ccc(C)cc1NC(=NCc1ccccn1)NC(=O)c1ccc(C(F)(F)F)cc1. The van der Waals surface area contributed by atoms with Crippen LogP contribution in [0.5, 0.6) is 5.75 Å². The fraction of sp³-hybridized carbons (Fsp3) is 0.174. The van der Waals surface area contributed by atoms with Gasteiger partial charge in [-0.1, -0.05) is 12.1 Å². The van der Waals surface area contributed by atoms with Crippen LogP contribution in [0.2, 0.25) is 0 Å². The number of alkyl halides is 3. The molecule has 1 amide bonds. The molecule has 2 aromatic carbocycles. The Morgan fingerprint density at radius 2 is 1.84 bits per heavy atom. The zero-order chi connectivity index (χ0) is 23.1. The third kappa shape index (κ3) is 6.07. The molecule has 0 bridgehead atoms. The van der Waals surface area contributed by atoms with Crippen molar-refractivity contribution in [3.63, 3.8) is 0 Å². The number of carbonyl (C=O) groups is 1. The van der Waals surface area contributed by atoms with Crippen LogP contribution in [-0.4, -0.2) is 24.0 Å². The molecule has 3 aromatic rings. The van der Waals surface area contributed by atoms with Crippen LogP contribution in [-0.2, 0) is 12.7 Å². The highest BCUT2D eigenvalue weighted by molar-refractivity contribution is 6.10. The molecule has 0 aliphatic carbocycles. The van der Waals surface area contributed by atoms with Gasteiger partial charge >= 0.3 is 6.18 Å². The molecule has 0 saturated heterocycles. The number of aromatic nitrogens is 1. The Morgan fingerprint density at radius 3 is 2.47 bits per heavy atom. The van der Waals surface area contributed by atoms with Crippen molar-refractivity contribution in [3.8, 4) is 5.75 Å². The van der Waals surface area contributed by atoms with E-state index in [0.717, 1.165) is 29.8 Å². The molecule has 2 N–H and O–H groups in total. The summed E-state index contributed by atoms with van der Waals surface area (Å²) in [5.74, 6) is 0.0204. The molecule has 0 unspecified atom stereocenters. The van der Waals surface area contributed by atoms with E-state index < -0.39 is 17.6 Å². The molecule has 9 heteroatoms. The van der Waals surface area contributed by atoms with Crippen LogP contribution < -0.4 is 15.4 Å². The minimum absolute atomic E-state index is 0.0570. The molecule has 0 radical (unpaired) electrons. The quantitative estimate of drug-likeness (QED) is 0.439. The number of methoxy groups -OCH3 is 1. The maximum atomic E-state index is 12.8. The number of nitrogens with zero attached hydrogens (tertiary/aromatic N) is 2. The van der Waals surface area contributed by atoms with Gasteiger partial charge in [-0.3, -0.25) is 15.1 Å². The summed E-state index contributed by atoms with van der Waals surface area (Å²) in [6, 6.07) is 14.8. The number of hydrogen-bond donors (Lipinski definition) is 2. The van der Waals surface area contributed by atoms with Gasteiger partial charge in [0.25, 0.3) is 5.91 Å². The van der Waals surface area contributed by atoms with Gasteiger partial charge in [0.1, 0.15) is 5.75 Å². The van der Waals surface area contributed by atoms with E-state index in [1.807, 2.05) is 25.1 Å². The Kier molecular flexibility index (Phi) is 7.09. The van der Waals surface area contributed by atoms with Crippen LogP contribution >= 0.6 is 0 Å². The number of ether oxygens (including phenoxy) is 1. The number of anilines is 1. The highest BCUT2D eigenvalue weighted by atomic mass is 19.4. The molecular weight excluding hydrogens is 421 g/mol. The number of aliphatic imine (C=N–C) groups is 1.